The maximum Gasteiger partial charge on any atom is 0.229 e. The molecule has 1 atom stereocenters. The van der Waals surface area contributed by atoms with Crippen LogP contribution in [-0.4, -0.2) is 46.3 Å². The molecule has 1 amide bonds. The van der Waals surface area contributed by atoms with Crippen LogP contribution in [0.3, 0.4) is 0 Å². The highest BCUT2D eigenvalue weighted by molar-refractivity contribution is 14.0. The minimum atomic E-state index is 0. The maximum absolute atomic E-state index is 12.4. The lowest BCUT2D eigenvalue weighted by Gasteiger charge is -2.19. The summed E-state index contributed by atoms with van der Waals surface area (Å²) in [6.45, 7) is 1.20. The molecule has 156 valence electrons. The quantitative estimate of drug-likeness (QED) is 0.309. The Hall–Kier alpha value is -2.95. The van der Waals surface area contributed by atoms with Crippen molar-refractivity contribution < 1.29 is 4.79 Å². The molecule has 9 heteroatoms. The van der Waals surface area contributed by atoms with E-state index in [9.17, 15) is 4.79 Å². The average Bonchev–Trinajstić information content (AvgIpc) is 3.42. The topological polar surface area (TPSA) is 87.4 Å². The first-order chi connectivity index (χ1) is 14.2. The van der Waals surface area contributed by atoms with Crippen molar-refractivity contribution in [2.24, 2.45) is 4.99 Å². The Bertz CT molecular complexity index is 992. The second-order valence-corrected chi connectivity index (χ2v) is 6.78. The Morgan fingerprint density at radius 3 is 2.77 bits per heavy atom. The van der Waals surface area contributed by atoms with E-state index < -0.39 is 0 Å². The summed E-state index contributed by atoms with van der Waals surface area (Å²) < 4.78 is 1.72. The third kappa shape index (κ3) is 5.15. The molecule has 2 aromatic heterocycles. The molecule has 0 saturated carbocycles. The second-order valence-electron chi connectivity index (χ2n) is 6.78. The van der Waals surface area contributed by atoms with Gasteiger partial charge in [-0.3, -0.25) is 9.79 Å². The van der Waals surface area contributed by atoms with Gasteiger partial charge < -0.3 is 15.5 Å². The van der Waals surface area contributed by atoms with Gasteiger partial charge >= 0.3 is 0 Å². The monoisotopic (exact) mass is 517 g/mol. The molecule has 1 fully saturated rings. The molecule has 1 saturated heterocycles. The van der Waals surface area contributed by atoms with Crippen molar-refractivity contribution in [3.05, 3.63) is 72.7 Å². The van der Waals surface area contributed by atoms with E-state index in [1.54, 1.807) is 24.1 Å². The van der Waals surface area contributed by atoms with Gasteiger partial charge in [0.2, 0.25) is 5.91 Å². The summed E-state index contributed by atoms with van der Waals surface area (Å²) in [7, 11) is 1.72. The standard InChI is InChI=1S/C21H23N7O.HI/c1-22-21(24-14-16-8-10-23-19(12-16)28-11-5-9-25-28)26-17-13-20(29)27(15-17)18-6-3-2-4-7-18;/h2-12,17H,13-15H2,1H3,(H2,22,24,26);1H. The Labute approximate surface area is 192 Å². The van der Waals surface area contributed by atoms with E-state index in [2.05, 4.69) is 25.7 Å². The number of rotatable bonds is 5. The van der Waals surface area contributed by atoms with Crippen LogP contribution in [0.5, 0.6) is 0 Å². The summed E-state index contributed by atoms with van der Waals surface area (Å²) in [6.07, 6.45) is 5.78. The van der Waals surface area contributed by atoms with Crippen molar-refractivity contribution in [1.29, 1.82) is 0 Å². The van der Waals surface area contributed by atoms with Crippen LogP contribution in [0.15, 0.2) is 72.1 Å². The molecule has 3 aromatic rings. The first-order valence-corrected chi connectivity index (χ1v) is 9.50. The first kappa shape index (κ1) is 21.8. The summed E-state index contributed by atoms with van der Waals surface area (Å²) >= 11 is 0. The van der Waals surface area contributed by atoms with Gasteiger partial charge in [0.15, 0.2) is 11.8 Å². The number of para-hydroxylation sites is 1. The molecule has 0 spiro atoms. The van der Waals surface area contributed by atoms with Crippen molar-refractivity contribution in [2.45, 2.75) is 19.0 Å². The van der Waals surface area contributed by atoms with E-state index >= 15 is 0 Å². The Balaban J connectivity index is 0.00000256. The fourth-order valence-corrected chi connectivity index (χ4v) is 3.34. The molecular formula is C21H24IN7O. The number of guanidine groups is 1. The van der Waals surface area contributed by atoms with Gasteiger partial charge in [-0.2, -0.15) is 5.10 Å². The van der Waals surface area contributed by atoms with Crippen molar-refractivity contribution in [3.8, 4) is 5.82 Å². The lowest BCUT2D eigenvalue weighted by Crippen LogP contribution is -2.44. The van der Waals surface area contributed by atoms with Gasteiger partial charge in [-0.05, 0) is 35.9 Å². The van der Waals surface area contributed by atoms with Crippen LogP contribution in [0.25, 0.3) is 5.82 Å². The van der Waals surface area contributed by atoms with E-state index in [1.165, 1.54) is 0 Å². The number of nitrogens with one attached hydrogen (secondary N) is 2. The van der Waals surface area contributed by atoms with Crippen LogP contribution >= 0.6 is 24.0 Å². The van der Waals surface area contributed by atoms with Crippen LogP contribution in [-0.2, 0) is 11.3 Å². The molecule has 1 unspecified atom stereocenters. The van der Waals surface area contributed by atoms with Crippen molar-refractivity contribution in [3.63, 3.8) is 0 Å². The molecule has 2 N–H and O–H groups in total. The van der Waals surface area contributed by atoms with Crippen LogP contribution in [0.4, 0.5) is 5.69 Å². The zero-order valence-corrected chi connectivity index (χ0v) is 18.9. The second kappa shape index (κ2) is 10.2. The molecule has 1 aliphatic rings. The molecule has 30 heavy (non-hydrogen) atoms. The fraction of sp³-hybridized carbons (Fsp3) is 0.238. The van der Waals surface area contributed by atoms with Gasteiger partial charge in [-0.25, -0.2) is 9.67 Å². The number of aromatic nitrogens is 3. The van der Waals surface area contributed by atoms with Crippen LogP contribution in [0, 0.1) is 0 Å². The molecule has 1 aromatic carbocycles. The van der Waals surface area contributed by atoms with Crippen molar-refractivity contribution >= 4 is 41.5 Å². The normalized spacial score (nSPS) is 16.3. The van der Waals surface area contributed by atoms with E-state index in [0.717, 1.165) is 17.1 Å². The zero-order chi connectivity index (χ0) is 20.1. The summed E-state index contributed by atoms with van der Waals surface area (Å²) in [4.78, 5) is 22.8. The highest BCUT2D eigenvalue weighted by atomic mass is 127. The van der Waals surface area contributed by atoms with E-state index in [1.807, 2.05) is 59.6 Å². The number of halogens is 1. The fourth-order valence-electron chi connectivity index (χ4n) is 3.34. The predicted molar refractivity (Wildman–Crippen MR) is 127 cm³/mol. The van der Waals surface area contributed by atoms with E-state index in [-0.39, 0.29) is 35.9 Å². The van der Waals surface area contributed by atoms with E-state index in [4.69, 9.17) is 0 Å². The number of hydrogen-bond donors (Lipinski definition) is 2. The predicted octanol–water partition coefficient (Wildman–Crippen LogP) is 2.36. The summed E-state index contributed by atoms with van der Waals surface area (Å²) in [5.41, 5.74) is 1.98. The highest BCUT2D eigenvalue weighted by Gasteiger charge is 2.31. The van der Waals surface area contributed by atoms with Gasteiger partial charge in [-0.1, -0.05) is 18.2 Å². The SMILES string of the molecule is CN=C(NCc1ccnc(-n2cccn2)c1)NC1CC(=O)N(c2ccccc2)C1.I. The summed E-state index contributed by atoms with van der Waals surface area (Å²) in [5, 5.41) is 10.9. The van der Waals surface area contributed by atoms with Gasteiger partial charge in [-0.15, -0.1) is 24.0 Å². The number of amides is 1. The molecular weight excluding hydrogens is 493 g/mol. The number of carbonyl (C=O) groups excluding carboxylic acids is 1. The molecule has 3 heterocycles. The number of carbonyl (C=O) groups is 1. The molecule has 8 nitrogen and oxygen atoms in total. The lowest BCUT2D eigenvalue weighted by molar-refractivity contribution is -0.117. The highest BCUT2D eigenvalue weighted by Crippen LogP contribution is 2.20. The number of nitrogens with zero attached hydrogens (tertiary/aromatic N) is 5. The smallest absolute Gasteiger partial charge is 0.229 e. The number of anilines is 1. The minimum Gasteiger partial charge on any atom is -0.352 e. The molecule has 4 rings (SSSR count). The largest absolute Gasteiger partial charge is 0.352 e. The minimum absolute atomic E-state index is 0. The Morgan fingerprint density at radius 2 is 2.03 bits per heavy atom. The molecule has 0 radical (unpaired) electrons. The van der Waals surface area contributed by atoms with Gasteiger partial charge in [0, 0.05) is 50.8 Å². The maximum atomic E-state index is 12.4. The first-order valence-electron chi connectivity index (χ1n) is 9.50. The van der Waals surface area contributed by atoms with Crippen LogP contribution < -0.4 is 15.5 Å². The Kier molecular flexibility index (Phi) is 7.39. The van der Waals surface area contributed by atoms with Gasteiger partial charge in [0.25, 0.3) is 0 Å². The number of hydrogen-bond acceptors (Lipinski definition) is 4. The molecule has 0 bridgehead atoms. The average molecular weight is 517 g/mol. The van der Waals surface area contributed by atoms with Crippen LogP contribution in [0.2, 0.25) is 0 Å². The number of aliphatic imine (C=N–C) groups is 1. The Morgan fingerprint density at radius 1 is 1.20 bits per heavy atom. The van der Waals surface area contributed by atoms with Gasteiger partial charge in [0.1, 0.15) is 0 Å². The summed E-state index contributed by atoms with van der Waals surface area (Å²) in [6, 6.07) is 15.5. The zero-order valence-electron chi connectivity index (χ0n) is 16.6. The van der Waals surface area contributed by atoms with Crippen molar-refractivity contribution in [1.82, 2.24) is 25.4 Å². The summed E-state index contributed by atoms with van der Waals surface area (Å²) in [5.74, 6) is 1.54. The number of benzene rings is 1. The molecule has 0 aliphatic carbocycles. The molecule has 1 aliphatic heterocycles. The van der Waals surface area contributed by atoms with Crippen molar-refractivity contribution in [2.75, 3.05) is 18.5 Å². The van der Waals surface area contributed by atoms with Gasteiger partial charge in [0.05, 0.1) is 6.04 Å². The lowest BCUT2D eigenvalue weighted by atomic mass is 10.2. The third-order valence-electron chi connectivity index (χ3n) is 4.77. The number of pyridine rings is 1. The van der Waals surface area contributed by atoms with E-state index in [0.29, 0.717) is 25.5 Å². The van der Waals surface area contributed by atoms with Crippen LogP contribution in [0.1, 0.15) is 12.0 Å². The third-order valence-corrected chi connectivity index (χ3v) is 4.77.